The van der Waals surface area contributed by atoms with Crippen molar-refractivity contribution < 1.29 is 4.79 Å². The number of aryl methyl sites for hydroxylation is 2. The third kappa shape index (κ3) is 2.16. The smallest absolute Gasteiger partial charge is 0.129 e. The van der Waals surface area contributed by atoms with Crippen LogP contribution in [0.3, 0.4) is 0 Å². The van der Waals surface area contributed by atoms with Gasteiger partial charge in [0, 0.05) is 23.5 Å². The number of aromatic amines is 1. The second-order valence-corrected chi connectivity index (χ2v) is 4.37. The van der Waals surface area contributed by atoms with Crippen LogP contribution in [0.15, 0.2) is 24.4 Å². The number of hydrogen-bond donors (Lipinski definition) is 1. The summed E-state index contributed by atoms with van der Waals surface area (Å²) < 4.78 is 0. The van der Waals surface area contributed by atoms with Crippen LogP contribution in [0.1, 0.15) is 30.9 Å². The lowest BCUT2D eigenvalue weighted by Gasteiger charge is -2.01. The predicted octanol–water partition coefficient (Wildman–Crippen LogP) is 3.39. The molecule has 1 heterocycles. The molecule has 16 heavy (non-hydrogen) atoms. The Morgan fingerprint density at radius 3 is 2.94 bits per heavy atom. The number of H-pyrrole nitrogens is 1. The summed E-state index contributed by atoms with van der Waals surface area (Å²) in [5.41, 5.74) is 3.82. The van der Waals surface area contributed by atoms with Gasteiger partial charge in [-0.3, -0.25) is 0 Å². The number of rotatable bonds is 4. The number of aromatic nitrogens is 1. The molecule has 0 radical (unpaired) electrons. The average Bonchev–Trinajstić information content (AvgIpc) is 2.62. The van der Waals surface area contributed by atoms with Gasteiger partial charge < -0.3 is 9.78 Å². The normalized spacial score (nSPS) is 10.9. The van der Waals surface area contributed by atoms with Crippen molar-refractivity contribution in [1.29, 1.82) is 0 Å². The van der Waals surface area contributed by atoms with Crippen LogP contribution >= 0.6 is 0 Å². The Morgan fingerprint density at radius 1 is 1.38 bits per heavy atom. The van der Waals surface area contributed by atoms with Gasteiger partial charge in [-0.15, -0.1) is 0 Å². The van der Waals surface area contributed by atoms with Crippen molar-refractivity contribution in [1.82, 2.24) is 4.98 Å². The highest BCUT2D eigenvalue weighted by molar-refractivity contribution is 5.86. The minimum atomic E-state index is 0.275. The summed E-state index contributed by atoms with van der Waals surface area (Å²) in [4.78, 5) is 14.2. The summed E-state index contributed by atoms with van der Waals surface area (Å²) in [5, 5.41) is 1.33. The molecule has 0 spiro atoms. The van der Waals surface area contributed by atoms with Crippen LogP contribution in [0, 0.1) is 6.92 Å². The van der Waals surface area contributed by atoms with Gasteiger partial charge in [-0.2, -0.15) is 0 Å². The molecule has 2 heteroatoms. The molecule has 0 saturated heterocycles. The van der Waals surface area contributed by atoms with Crippen molar-refractivity contribution in [3.8, 4) is 0 Å². The fourth-order valence-electron chi connectivity index (χ4n) is 2.18. The lowest BCUT2D eigenvalue weighted by atomic mass is 10.0. The third-order valence-electron chi connectivity index (χ3n) is 2.97. The minimum absolute atomic E-state index is 0.275. The first kappa shape index (κ1) is 10.9. The first-order valence-corrected chi connectivity index (χ1v) is 5.73. The number of carbonyl (C=O) groups is 1. The maximum atomic E-state index is 10.9. The molecule has 0 amide bonds. The summed E-state index contributed by atoms with van der Waals surface area (Å²) in [6, 6.07) is 6.29. The summed E-state index contributed by atoms with van der Waals surface area (Å²) in [6.45, 7) is 3.78. The molecule has 0 fully saturated rings. The van der Waals surface area contributed by atoms with Crippen molar-refractivity contribution in [3.05, 3.63) is 35.5 Å². The predicted molar refractivity (Wildman–Crippen MR) is 66.7 cm³/mol. The molecule has 1 aromatic heterocycles. The zero-order valence-corrected chi connectivity index (χ0v) is 9.84. The van der Waals surface area contributed by atoms with Crippen molar-refractivity contribution in [2.45, 2.75) is 33.1 Å². The molecule has 0 unspecified atom stereocenters. The molecule has 2 nitrogen and oxygen atoms in total. The van der Waals surface area contributed by atoms with Crippen LogP contribution in [0.5, 0.6) is 0 Å². The molecule has 1 aromatic carbocycles. The number of nitrogens with one attached hydrogen (secondary N) is 1. The Hall–Kier alpha value is -1.57. The van der Waals surface area contributed by atoms with Gasteiger partial charge in [-0.25, -0.2) is 0 Å². The van der Waals surface area contributed by atoms with Crippen molar-refractivity contribution in [2.75, 3.05) is 0 Å². The van der Waals surface area contributed by atoms with E-state index in [4.69, 9.17) is 0 Å². The van der Waals surface area contributed by atoms with Crippen LogP contribution in [-0.2, 0) is 11.2 Å². The molecule has 0 aliphatic carbocycles. The average molecular weight is 215 g/mol. The number of carbonyl (C=O) groups excluding carboxylic acids is 1. The maximum absolute atomic E-state index is 10.9. The zero-order valence-electron chi connectivity index (χ0n) is 9.84. The molecular formula is C14H17NO. The standard InChI is InChI=1S/C14H17NO/c1-10-5-3-8-13-14(10)12(9-15-13)7-4-6-11(2)16/h3,5,8-9,15H,4,6-7H2,1-2H3. The fourth-order valence-corrected chi connectivity index (χ4v) is 2.18. The Balaban J connectivity index is 2.21. The van der Waals surface area contributed by atoms with E-state index in [1.165, 1.54) is 22.0 Å². The highest BCUT2D eigenvalue weighted by Crippen LogP contribution is 2.23. The van der Waals surface area contributed by atoms with E-state index in [0.717, 1.165) is 12.8 Å². The van der Waals surface area contributed by atoms with Gasteiger partial charge in [0.25, 0.3) is 0 Å². The highest BCUT2D eigenvalue weighted by atomic mass is 16.1. The van der Waals surface area contributed by atoms with Gasteiger partial charge in [0.15, 0.2) is 0 Å². The van der Waals surface area contributed by atoms with E-state index >= 15 is 0 Å². The summed E-state index contributed by atoms with van der Waals surface area (Å²) >= 11 is 0. The number of Topliss-reactive ketones (excluding diaryl/α,β-unsaturated/α-hetero) is 1. The molecule has 0 bridgehead atoms. The van der Waals surface area contributed by atoms with Gasteiger partial charge in [0.1, 0.15) is 5.78 Å². The fraction of sp³-hybridized carbons (Fsp3) is 0.357. The highest BCUT2D eigenvalue weighted by Gasteiger charge is 2.05. The Labute approximate surface area is 95.7 Å². The van der Waals surface area contributed by atoms with Crippen molar-refractivity contribution >= 4 is 16.7 Å². The topological polar surface area (TPSA) is 32.9 Å². The third-order valence-corrected chi connectivity index (χ3v) is 2.97. The zero-order chi connectivity index (χ0) is 11.5. The molecule has 0 aliphatic rings. The second kappa shape index (κ2) is 4.52. The molecule has 0 saturated carbocycles. The largest absolute Gasteiger partial charge is 0.361 e. The van der Waals surface area contributed by atoms with Gasteiger partial charge in [-0.05, 0) is 43.9 Å². The van der Waals surface area contributed by atoms with Crippen molar-refractivity contribution in [3.63, 3.8) is 0 Å². The van der Waals surface area contributed by atoms with E-state index in [1.807, 2.05) is 0 Å². The second-order valence-electron chi connectivity index (χ2n) is 4.37. The Morgan fingerprint density at radius 2 is 2.19 bits per heavy atom. The number of benzene rings is 1. The SMILES string of the molecule is CC(=O)CCCc1c[nH]c2cccc(C)c12. The minimum Gasteiger partial charge on any atom is -0.361 e. The van der Waals surface area contributed by atoms with Crippen LogP contribution in [-0.4, -0.2) is 10.8 Å². The molecular weight excluding hydrogens is 198 g/mol. The van der Waals surface area contributed by atoms with E-state index < -0.39 is 0 Å². The van der Waals surface area contributed by atoms with E-state index in [0.29, 0.717) is 6.42 Å². The van der Waals surface area contributed by atoms with Gasteiger partial charge >= 0.3 is 0 Å². The number of ketones is 1. The molecule has 1 N–H and O–H groups in total. The van der Waals surface area contributed by atoms with Crippen LogP contribution in [0.2, 0.25) is 0 Å². The molecule has 2 aromatic rings. The van der Waals surface area contributed by atoms with Crippen LogP contribution < -0.4 is 0 Å². The summed E-state index contributed by atoms with van der Waals surface area (Å²) in [5.74, 6) is 0.275. The van der Waals surface area contributed by atoms with E-state index in [2.05, 4.69) is 36.3 Å². The van der Waals surface area contributed by atoms with E-state index in [1.54, 1.807) is 6.92 Å². The van der Waals surface area contributed by atoms with Gasteiger partial charge in [-0.1, -0.05) is 12.1 Å². The summed E-state index contributed by atoms with van der Waals surface area (Å²) in [6.07, 6.45) is 4.66. The van der Waals surface area contributed by atoms with Crippen molar-refractivity contribution in [2.24, 2.45) is 0 Å². The van der Waals surface area contributed by atoms with E-state index in [9.17, 15) is 4.79 Å². The quantitative estimate of drug-likeness (QED) is 0.833. The molecule has 0 aliphatic heterocycles. The maximum Gasteiger partial charge on any atom is 0.129 e. The molecule has 84 valence electrons. The first-order valence-electron chi connectivity index (χ1n) is 5.73. The Kier molecular flexibility index (Phi) is 3.09. The van der Waals surface area contributed by atoms with Crippen LogP contribution in [0.4, 0.5) is 0 Å². The molecule has 2 rings (SSSR count). The van der Waals surface area contributed by atoms with Gasteiger partial charge in [0.2, 0.25) is 0 Å². The summed E-state index contributed by atoms with van der Waals surface area (Å²) in [7, 11) is 0. The number of hydrogen-bond acceptors (Lipinski definition) is 1. The molecule has 0 atom stereocenters. The monoisotopic (exact) mass is 215 g/mol. The van der Waals surface area contributed by atoms with E-state index in [-0.39, 0.29) is 5.78 Å². The Bertz CT molecular complexity index is 510. The first-order chi connectivity index (χ1) is 7.68. The lowest BCUT2D eigenvalue weighted by Crippen LogP contribution is -1.92. The van der Waals surface area contributed by atoms with Gasteiger partial charge in [0.05, 0.1) is 0 Å². The lowest BCUT2D eigenvalue weighted by molar-refractivity contribution is -0.117. The van der Waals surface area contributed by atoms with Crippen LogP contribution in [0.25, 0.3) is 10.9 Å². The number of fused-ring (bicyclic) bond motifs is 1.